The average Bonchev–Trinajstić information content (AvgIpc) is 2.46. The van der Waals surface area contributed by atoms with E-state index in [1.54, 1.807) is 12.3 Å². The first-order valence-corrected chi connectivity index (χ1v) is 8.03. The molecule has 0 spiro atoms. The zero-order valence-corrected chi connectivity index (χ0v) is 13.3. The maximum Gasteiger partial charge on any atom is 0.223 e. The maximum atomic E-state index is 12.1. The third-order valence-corrected chi connectivity index (χ3v) is 4.51. The SMILES string of the molecule is C[C@H](NC(=O)C1CCC1)c1cccc(-c2ccc(Cl)nc2)c1. The molecule has 1 aromatic heterocycles. The Labute approximate surface area is 135 Å². The smallest absolute Gasteiger partial charge is 0.223 e. The molecule has 1 heterocycles. The number of halogens is 1. The first kappa shape index (κ1) is 15.0. The molecule has 1 N–H and O–H groups in total. The van der Waals surface area contributed by atoms with E-state index < -0.39 is 0 Å². The summed E-state index contributed by atoms with van der Waals surface area (Å²) in [7, 11) is 0. The van der Waals surface area contributed by atoms with Crippen molar-refractivity contribution in [3.05, 3.63) is 53.3 Å². The van der Waals surface area contributed by atoms with E-state index >= 15 is 0 Å². The van der Waals surface area contributed by atoms with Crippen molar-refractivity contribution in [2.75, 3.05) is 0 Å². The summed E-state index contributed by atoms with van der Waals surface area (Å²) in [6.07, 6.45) is 4.98. The first-order chi connectivity index (χ1) is 10.6. The Morgan fingerprint density at radius 2 is 2.09 bits per heavy atom. The lowest BCUT2D eigenvalue weighted by Crippen LogP contribution is -2.35. The van der Waals surface area contributed by atoms with Crippen LogP contribution in [0.25, 0.3) is 11.1 Å². The summed E-state index contributed by atoms with van der Waals surface area (Å²) in [4.78, 5) is 16.2. The van der Waals surface area contributed by atoms with Gasteiger partial charge in [0, 0.05) is 17.7 Å². The molecular weight excluding hydrogens is 296 g/mol. The van der Waals surface area contributed by atoms with E-state index in [1.165, 1.54) is 6.42 Å². The van der Waals surface area contributed by atoms with Gasteiger partial charge in [0.1, 0.15) is 5.15 Å². The lowest BCUT2D eigenvalue weighted by Gasteiger charge is -2.26. The van der Waals surface area contributed by atoms with E-state index in [-0.39, 0.29) is 17.9 Å². The van der Waals surface area contributed by atoms with Crippen LogP contribution < -0.4 is 5.32 Å². The van der Waals surface area contributed by atoms with E-state index in [1.807, 2.05) is 31.2 Å². The highest BCUT2D eigenvalue weighted by molar-refractivity contribution is 6.29. The fraction of sp³-hybridized carbons (Fsp3) is 0.333. The predicted octanol–water partition coefficient (Wildman–Crippen LogP) is 4.38. The molecule has 3 rings (SSSR count). The lowest BCUT2D eigenvalue weighted by atomic mass is 9.84. The summed E-state index contributed by atoms with van der Waals surface area (Å²) in [5.41, 5.74) is 3.19. The number of rotatable bonds is 4. The van der Waals surface area contributed by atoms with Crippen LogP contribution in [0.5, 0.6) is 0 Å². The summed E-state index contributed by atoms with van der Waals surface area (Å²) in [5, 5.41) is 3.60. The van der Waals surface area contributed by atoms with Crippen LogP contribution in [0.4, 0.5) is 0 Å². The minimum atomic E-state index is 0.00769. The molecule has 22 heavy (non-hydrogen) atoms. The van der Waals surface area contributed by atoms with Gasteiger partial charge < -0.3 is 5.32 Å². The average molecular weight is 315 g/mol. The topological polar surface area (TPSA) is 42.0 Å². The number of carbonyl (C=O) groups is 1. The zero-order valence-electron chi connectivity index (χ0n) is 12.6. The largest absolute Gasteiger partial charge is 0.349 e. The van der Waals surface area contributed by atoms with E-state index in [0.717, 1.165) is 29.5 Å². The molecule has 4 heteroatoms. The van der Waals surface area contributed by atoms with E-state index in [0.29, 0.717) is 5.15 Å². The Bertz CT molecular complexity index is 665. The second-order valence-corrected chi connectivity index (χ2v) is 6.24. The van der Waals surface area contributed by atoms with Crippen molar-refractivity contribution in [3.63, 3.8) is 0 Å². The number of benzene rings is 1. The van der Waals surface area contributed by atoms with Crippen molar-refractivity contribution in [1.82, 2.24) is 10.3 Å². The van der Waals surface area contributed by atoms with Crippen molar-refractivity contribution in [2.24, 2.45) is 5.92 Å². The Hall–Kier alpha value is -1.87. The molecule has 2 aromatic rings. The van der Waals surface area contributed by atoms with Crippen LogP contribution in [-0.2, 0) is 4.79 Å². The molecule has 0 aliphatic heterocycles. The molecule has 114 valence electrons. The summed E-state index contributed by atoms with van der Waals surface area (Å²) < 4.78 is 0. The zero-order chi connectivity index (χ0) is 15.5. The summed E-state index contributed by atoms with van der Waals surface area (Å²) >= 11 is 5.83. The summed E-state index contributed by atoms with van der Waals surface area (Å²) in [6.45, 7) is 2.02. The van der Waals surface area contributed by atoms with Crippen molar-refractivity contribution >= 4 is 17.5 Å². The molecular formula is C18H19ClN2O. The minimum absolute atomic E-state index is 0.00769. The van der Waals surface area contributed by atoms with Crippen LogP contribution in [0.3, 0.4) is 0 Å². The standard InChI is InChI=1S/C18H19ClN2O/c1-12(21-18(22)13-4-2-5-13)14-6-3-7-15(10-14)16-8-9-17(19)20-11-16/h3,6-13H,2,4-5H2,1H3,(H,21,22)/t12-/m0/s1. The Balaban J connectivity index is 1.75. The quantitative estimate of drug-likeness (QED) is 0.851. The Morgan fingerprint density at radius 3 is 2.73 bits per heavy atom. The molecule has 1 atom stereocenters. The van der Waals surface area contributed by atoms with E-state index in [9.17, 15) is 4.79 Å². The third-order valence-electron chi connectivity index (χ3n) is 4.28. The van der Waals surface area contributed by atoms with Gasteiger partial charge in [-0.25, -0.2) is 4.98 Å². The number of hydrogen-bond donors (Lipinski definition) is 1. The van der Waals surface area contributed by atoms with Crippen LogP contribution in [0.15, 0.2) is 42.6 Å². The first-order valence-electron chi connectivity index (χ1n) is 7.66. The molecule has 3 nitrogen and oxygen atoms in total. The lowest BCUT2D eigenvalue weighted by molar-refractivity contribution is -0.128. The van der Waals surface area contributed by atoms with Crippen LogP contribution in [0.2, 0.25) is 5.15 Å². The van der Waals surface area contributed by atoms with Gasteiger partial charge in [-0.2, -0.15) is 0 Å². The molecule has 0 radical (unpaired) electrons. The highest BCUT2D eigenvalue weighted by atomic mass is 35.5. The molecule has 1 aliphatic carbocycles. The third kappa shape index (κ3) is 3.30. The molecule has 1 aromatic carbocycles. The number of hydrogen-bond acceptors (Lipinski definition) is 2. The normalized spacial score (nSPS) is 15.9. The number of pyridine rings is 1. The molecule has 1 aliphatic rings. The van der Waals surface area contributed by atoms with Gasteiger partial charge in [-0.1, -0.05) is 36.2 Å². The van der Waals surface area contributed by atoms with Crippen LogP contribution in [-0.4, -0.2) is 10.9 Å². The van der Waals surface area contributed by atoms with E-state index in [2.05, 4.69) is 16.4 Å². The van der Waals surface area contributed by atoms with Gasteiger partial charge in [-0.15, -0.1) is 0 Å². The second-order valence-electron chi connectivity index (χ2n) is 5.85. The minimum Gasteiger partial charge on any atom is -0.349 e. The monoisotopic (exact) mass is 314 g/mol. The van der Waals surface area contributed by atoms with E-state index in [4.69, 9.17) is 11.6 Å². The maximum absolute atomic E-state index is 12.1. The molecule has 1 fully saturated rings. The van der Waals surface area contributed by atoms with Gasteiger partial charge in [-0.05, 0) is 49.1 Å². The number of amides is 1. The van der Waals surface area contributed by atoms with Crippen LogP contribution in [0.1, 0.15) is 37.8 Å². The van der Waals surface area contributed by atoms with Crippen molar-refractivity contribution < 1.29 is 4.79 Å². The molecule has 1 amide bonds. The summed E-state index contributed by atoms with van der Waals surface area (Å²) in [5.74, 6) is 0.392. The predicted molar refractivity (Wildman–Crippen MR) is 88.6 cm³/mol. The number of nitrogens with zero attached hydrogens (tertiary/aromatic N) is 1. The second kappa shape index (κ2) is 6.49. The van der Waals surface area contributed by atoms with Gasteiger partial charge in [0.15, 0.2) is 0 Å². The summed E-state index contributed by atoms with van der Waals surface area (Å²) in [6, 6.07) is 11.9. The Morgan fingerprint density at radius 1 is 1.27 bits per heavy atom. The highest BCUT2D eigenvalue weighted by Crippen LogP contribution is 2.28. The van der Waals surface area contributed by atoms with Crippen molar-refractivity contribution in [1.29, 1.82) is 0 Å². The van der Waals surface area contributed by atoms with Gasteiger partial charge in [0.25, 0.3) is 0 Å². The number of nitrogens with one attached hydrogen (secondary N) is 1. The van der Waals surface area contributed by atoms with Crippen molar-refractivity contribution in [2.45, 2.75) is 32.2 Å². The molecule has 0 unspecified atom stereocenters. The number of aromatic nitrogens is 1. The molecule has 0 bridgehead atoms. The molecule has 0 saturated heterocycles. The van der Waals surface area contributed by atoms with Gasteiger partial charge in [0.2, 0.25) is 5.91 Å². The van der Waals surface area contributed by atoms with Crippen LogP contribution >= 0.6 is 11.6 Å². The Kier molecular flexibility index (Phi) is 4.44. The van der Waals surface area contributed by atoms with Gasteiger partial charge >= 0.3 is 0 Å². The van der Waals surface area contributed by atoms with Gasteiger partial charge in [-0.3, -0.25) is 4.79 Å². The van der Waals surface area contributed by atoms with Crippen LogP contribution in [0, 0.1) is 5.92 Å². The fourth-order valence-electron chi connectivity index (χ4n) is 2.62. The van der Waals surface area contributed by atoms with Crippen molar-refractivity contribution in [3.8, 4) is 11.1 Å². The highest BCUT2D eigenvalue weighted by Gasteiger charge is 2.26. The van der Waals surface area contributed by atoms with Gasteiger partial charge in [0.05, 0.1) is 6.04 Å². The molecule has 1 saturated carbocycles. The number of carbonyl (C=O) groups excluding carboxylic acids is 1. The fourth-order valence-corrected chi connectivity index (χ4v) is 2.73.